The smallest absolute Gasteiger partial charge is 0.125 e. The van der Waals surface area contributed by atoms with Gasteiger partial charge in [-0.3, -0.25) is 4.98 Å². The zero-order valence-corrected chi connectivity index (χ0v) is 9.14. The zero-order valence-electron chi connectivity index (χ0n) is 9.14. The van der Waals surface area contributed by atoms with Gasteiger partial charge in [0.2, 0.25) is 0 Å². The maximum Gasteiger partial charge on any atom is 0.125 e. The van der Waals surface area contributed by atoms with Crippen LogP contribution in [0.2, 0.25) is 0 Å². The Bertz CT molecular complexity index is 488. The molecule has 1 N–H and O–H groups in total. The number of aliphatic hydroxyl groups excluding tert-OH is 1. The third-order valence-corrected chi connectivity index (χ3v) is 2.34. The summed E-state index contributed by atoms with van der Waals surface area (Å²) in [6.07, 6.45) is 3.35. The predicted octanol–water partition coefficient (Wildman–Crippen LogP) is 2.29. The lowest BCUT2D eigenvalue weighted by Crippen LogP contribution is -1.99. The molecule has 17 heavy (non-hydrogen) atoms. The Hall–Kier alpha value is -1.94. The highest BCUT2D eigenvalue weighted by Crippen LogP contribution is 2.20. The molecule has 4 heteroatoms. The van der Waals surface area contributed by atoms with E-state index in [0.717, 1.165) is 5.56 Å². The minimum atomic E-state index is -0.384. The number of pyridine rings is 1. The van der Waals surface area contributed by atoms with Crippen molar-refractivity contribution in [2.45, 2.75) is 13.2 Å². The van der Waals surface area contributed by atoms with Gasteiger partial charge in [-0.1, -0.05) is 0 Å². The van der Waals surface area contributed by atoms with Gasteiger partial charge < -0.3 is 9.84 Å². The summed E-state index contributed by atoms with van der Waals surface area (Å²) in [5, 5.41) is 9.08. The number of hydrogen-bond donors (Lipinski definition) is 1. The summed E-state index contributed by atoms with van der Waals surface area (Å²) in [7, 11) is 0. The molecule has 88 valence electrons. The number of benzene rings is 1. The van der Waals surface area contributed by atoms with Gasteiger partial charge in [-0.2, -0.15) is 0 Å². The van der Waals surface area contributed by atoms with Gasteiger partial charge in [-0.15, -0.1) is 0 Å². The van der Waals surface area contributed by atoms with Gasteiger partial charge in [-0.25, -0.2) is 4.39 Å². The normalized spacial score (nSPS) is 10.2. The Labute approximate surface area is 98.5 Å². The molecule has 0 unspecified atom stereocenters. The first-order chi connectivity index (χ1) is 8.29. The number of aliphatic hydroxyl groups is 1. The second-order valence-electron chi connectivity index (χ2n) is 3.55. The van der Waals surface area contributed by atoms with Crippen molar-refractivity contribution in [2.24, 2.45) is 0 Å². The van der Waals surface area contributed by atoms with Crippen molar-refractivity contribution in [1.29, 1.82) is 0 Å². The van der Waals surface area contributed by atoms with E-state index in [4.69, 9.17) is 9.84 Å². The average Bonchev–Trinajstić information content (AvgIpc) is 2.38. The number of nitrogens with zero attached hydrogens (tertiary/aromatic N) is 1. The summed E-state index contributed by atoms with van der Waals surface area (Å²) >= 11 is 0. The van der Waals surface area contributed by atoms with Gasteiger partial charge in [0.1, 0.15) is 18.2 Å². The van der Waals surface area contributed by atoms with Crippen LogP contribution in [0.3, 0.4) is 0 Å². The van der Waals surface area contributed by atoms with Crippen LogP contribution in [-0.4, -0.2) is 10.1 Å². The van der Waals surface area contributed by atoms with Crippen LogP contribution in [0.25, 0.3) is 0 Å². The summed E-state index contributed by atoms with van der Waals surface area (Å²) in [6.45, 7) is 0.116. The van der Waals surface area contributed by atoms with Crippen LogP contribution in [0.1, 0.15) is 11.1 Å². The second kappa shape index (κ2) is 5.41. The van der Waals surface area contributed by atoms with Crippen molar-refractivity contribution in [3.63, 3.8) is 0 Å². The minimum absolute atomic E-state index is 0.247. The van der Waals surface area contributed by atoms with Crippen molar-refractivity contribution in [2.75, 3.05) is 0 Å². The van der Waals surface area contributed by atoms with Gasteiger partial charge in [0, 0.05) is 18.0 Å². The number of ether oxygens (including phenoxy) is 1. The van der Waals surface area contributed by atoms with Crippen LogP contribution in [-0.2, 0) is 13.2 Å². The predicted molar refractivity (Wildman–Crippen MR) is 60.9 cm³/mol. The van der Waals surface area contributed by atoms with Gasteiger partial charge >= 0.3 is 0 Å². The largest absolute Gasteiger partial charge is 0.489 e. The summed E-state index contributed by atoms with van der Waals surface area (Å²) in [5.74, 6) is 0.107. The van der Waals surface area contributed by atoms with Gasteiger partial charge in [-0.05, 0) is 35.9 Å². The van der Waals surface area contributed by atoms with Crippen LogP contribution in [0, 0.1) is 5.82 Å². The number of hydrogen-bond acceptors (Lipinski definition) is 3. The Morgan fingerprint density at radius 1 is 1.18 bits per heavy atom. The molecular weight excluding hydrogens is 221 g/mol. The Balaban J connectivity index is 2.09. The summed E-state index contributed by atoms with van der Waals surface area (Å²) in [5.41, 5.74) is 1.41. The first-order valence-electron chi connectivity index (χ1n) is 5.20. The van der Waals surface area contributed by atoms with E-state index < -0.39 is 0 Å². The Morgan fingerprint density at radius 3 is 2.65 bits per heavy atom. The molecule has 2 rings (SSSR count). The van der Waals surface area contributed by atoms with Crippen molar-refractivity contribution < 1.29 is 14.2 Å². The molecule has 2 aromatic rings. The van der Waals surface area contributed by atoms with Crippen LogP contribution in [0.4, 0.5) is 4.39 Å². The summed E-state index contributed by atoms with van der Waals surface area (Å²) in [6, 6.07) is 7.76. The fourth-order valence-electron chi connectivity index (χ4n) is 1.45. The van der Waals surface area contributed by atoms with E-state index in [9.17, 15) is 4.39 Å². The van der Waals surface area contributed by atoms with Crippen molar-refractivity contribution in [1.82, 2.24) is 4.98 Å². The summed E-state index contributed by atoms with van der Waals surface area (Å²) in [4.78, 5) is 3.90. The highest BCUT2D eigenvalue weighted by molar-refractivity contribution is 5.33. The first-order valence-corrected chi connectivity index (χ1v) is 5.20. The molecule has 0 saturated heterocycles. The van der Waals surface area contributed by atoms with Gasteiger partial charge in [0.15, 0.2) is 0 Å². The van der Waals surface area contributed by atoms with E-state index in [1.165, 1.54) is 18.2 Å². The number of halogens is 1. The van der Waals surface area contributed by atoms with Crippen LogP contribution in [0.5, 0.6) is 5.75 Å². The molecule has 0 radical (unpaired) electrons. The van der Waals surface area contributed by atoms with E-state index in [1.54, 1.807) is 12.4 Å². The molecule has 0 aliphatic heterocycles. The fourth-order valence-corrected chi connectivity index (χ4v) is 1.45. The molecule has 1 aromatic heterocycles. The lowest BCUT2D eigenvalue weighted by atomic mass is 10.2. The van der Waals surface area contributed by atoms with Gasteiger partial charge in [0.25, 0.3) is 0 Å². The molecule has 1 aromatic carbocycles. The van der Waals surface area contributed by atoms with Crippen molar-refractivity contribution >= 4 is 0 Å². The van der Waals surface area contributed by atoms with Crippen LogP contribution in [0.15, 0.2) is 42.7 Å². The number of aromatic nitrogens is 1. The Morgan fingerprint density at radius 2 is 1.94 bits per heavy atom. The fraction of sp³-hybridized carbons (Fsp3) is 0.154. The lowest BCUT2D eigenvalue weighted by Gasteiger charge is -2.10. The molecule has 1 heterocycles. The van der Waals surface area contributed by atoms with E-state index in [-0.39, 0.29) is 12.4 Å². The highest BCUT2D eigenvalue weighted by atomic mass is 19.1. The van der Waals surface area contributed by atoms with Crippen molar-refractivity contribution in [3.8, 4) is 5.75 Å². The molecule has 0 aliphatic carbocycles. The topological polar surface area (TPSA) is 42.4 Å². The quantitative estimate of drug-likeness (QED) is 0.881. The SMILES string of the molecule is OCc1cc(F)ccc1OCc1ccncc1. The van der Waals surface area contributed by atoms with E-state index >= 15 is 0 Å². The highest BCUT2D eigenvalue weighted by Gasteiger charge is 2.04. The third kappa shape index (κ3) is 3.01. The molecule has 0 fully saturated rings. The molecule has 3 nitrogen and oxygen atoms in total. The monoisotopic (exact) mass is 233 g/mol. The second-order valence-corrected chi connectivity index (χ2v) is 3.55. The molecular formula is C13H12FNO2. The van der Waals surface area contributed by atoms with E-state index in [0.29, 0.717) is 17.9 Å². The third-order valence-electron chi connectivity index (χ3n) is 2.34. The van der Waals surface area contributed by atoms with Crippen LogP contribution < -0.4 is 4.74 Å². The molecule has 0 amide bonds. The molecule has 0 spiro atoms. The maximum absolute atomic E-state index is 12.9. The average molecular weight is 233 g/mol. The standard InChI is InChI=1S/C13H12FNO2/c14-12-1-2-13(11(7-12)8-16)17-9-10-3-5-15-6-4-10/h1-7,16H,8-9H2. The maximum atomic E-state index is 12.9. The lowest BCUT2D eigenvalue weighted by molar-refractivity contribution is 0.258. The summed E-state index contributed by atoms with van der Waals surface area (Å²) < 4.78 is 18.4. The number of rotatable bonds is 4. The molecule has 0 bridgehead atoms. The molecule has 0 atom stereocenters. The van der Waals surface area contributed by atoms with E-state index in [2.05, 4.69) is 4.98 Å². The van der Waals surface area contributed by atoms with Crippen molar-refractivity contribution in [3.05, 3.63) is 59.7 Å². The Kier molecular flexibility index (Phi) is 3.67. The molecule has 0 aliphatic rings. The van der Waals surface area contributed by atoms with Crippen LogP contribution >= 0.6 is 0 Å². The minimum Gasteiger partial charge on any atom is -0.489 e. The molecule has 0 saturated carbocycles. The first kappa shape index (κ1) is 11.5. The zero-order chi connectivity index (χ0) is 12.1. The van der Waals surface area contributed by atoms with Gasteiger partial charge in [0.05, 0.1) is 6.61 Å². The van der Waals surface area contributed by atoms with E-state index in [1.807, 2.05) is 12.1 Å².